The van der Waals surface area contributed by atoms with E-state index in [2.05, 4.69) is 0 Å². The Morgan fingerprint density at radius 3 is 2.42 bits per heavy atom. The van der Waals surface area contributed by atoms with Crippen molar-refractivity contribution >= 4 is 11.1 Å². The number of hydrogen-bond acceptors (Lipinski definition) is 1. The van der Waals surface area contributed by atoms with Crippen LogP contribution in [0.15, 0.2) is 23.1 Å². The standard InChI is InChI=1S/C8H10O2S.Na.H/c1-6-3-4-7(2)8(5-6)11(9)10;;/h3-5H,1-2H3,(H,9,10);;/q;+1;-1. The minimum atomic E-state index is -1.85. The molecule has 0 aromatic heterocycles. The van der Waals surface area contributed by atoms with Crippen molar-refractivity contribution in [3.63, 3.8) is 0 Å². The van der Waals surface area contributed by atoms with E-state index >= 15 is 0 Å². The molecule has 1 N–H and O–H groups in total. The maximum Gasteiger partial charge on any atom is 1.00 e. The summed E-state index contributed by atoms with van der Waals surface area (Å²) in [5, 5.41) is 0. The van der Waals surface area contributed by atoms with Crippen molar-refractivity contribution in [3.8, 4) is 0 Å². The van der Waals surface area contributed by atoms with Crippen LogP contribution in [-0.4, -0.2) is 8.76 Å². The van der Waals surface area contributed by atoms with Crippen LogP contribution in [0.2, 0.25) is 0 Å². The first-order valence-corrected chi connectivity index (χ1v) is 4.40. The van der Waals surface area contributed by atoms with Crippen LogP contribution in [-0.2, 0) is 11.1 Å². The topological polar surface area (TPSA) is 37.3 Å². The van der Waals surface area contributed by atoms with E-state index < -0.39 is 11.1 Å². The van der Waals surface area contributed by atoms with Gasteiger partial charge in [0.15, 0.2) is 11.1 Å². The molecule has 2 nitrogen and oxygen atoms in total. The Hall–Kier alpha value is 0.330. The second-order valence-corrected chi connectivity index (χ2v) is 3.46. The van der Waals surface area contributed by atoms with Crippen molar-refractivity contribution in [1.29, 1.82) is 0 Å². The predicted molar refractivity (Wildman–Crippen MR) is 46.1 cm³/mol. The molecule has 1 atom stereocenters. The van der Waals surface area contributed by atoms with Crippen LogP contribution < -0.4 is 29.6 Å². The summed E-state index contributed by atoms with van der Waals surface area (Å²) in [6.45, 7) is 3.72. The second kappa shape index (κ2) is 5.14. The molecule has 0 amide bonds. The Balaban J connectivity index is 0. The third-order valence-corrected chi connectivity index (χ3v) is 2.35. The first kappa shape index (κ1) is 12.3. The summed E-state index contributed by atoms with van der Waals surface area (Å²) in [5.74, 6) is 0. The van der Waals surface area contributed by atoms with Crippen molar-refractivity contribution < 1.29 is 39.7 Å². The van der Waals surface area contributed by atoms with Gasteiger partial charge in [-0.2, -0.15) is 0 Å². The largest absolute Gasteiger partial charge is 1.00 e. The summed E-state index contributed by atoms with van der Waals surface area (Å²) in [4.78, 5) is 0.505. The molecule has 1 rings (SSSR count). The summed E-state index contributed by atoms with van der Waals surface area (Å²) in [7, 11) is 0. The summed E-state index contributed by atoms with van der Waals surface area (Å²) in [5.41, 5.74) is 1.87. The molecule has 4 heteroatoms. The molecule has 0 fully saturated rings. The van der Waals surface area contributed by atoms with Gasteiger partial charge >= 0.3 is 29.6 Å². The fraction of sp³-hybridized carbons (Fsp3) is 0.250. The molecule has 0 aliphatic heterocycles. The maximum absolute atomic E-state index is 10.7. The SMILES string of the molecule is Cc1ccc(C)c(S(=O)O)c1.[H-].[Na+]. The molecule has 1 aromatic carbocycles. The molecule has 1 aromatic rings. The van der Waals surface area contributed by atoms with Gasteiger partial charge in [-0.05, 0) is 31.0 Å². The van der Waals surface area contributed by atoms with Gasteiger partial charge in [-0.25, -0.2) is 4.21 Å². The van der Waals surface area contributed by atoms with E-state index in [1.165, 1.54) is 0 Å². The van der Waals surface area contributed by atoms with Gasteiger partial charge < -0.3 is 5.98 Å². The van der Waals surface area contributed by atoms with Crippen molar-refractivity contribution in [2.45, 2.75) is 18.7 Å². The van der Waals surface area contributed by atoms with E-state index in [1.54, 1.807) is 6.07 Å². The normalized spacial score (nSPS) is 11.9. The average molecular weight is 194 g/mol. The van der Waals surface area contributed by atoms with Gasteiger partial charge in [0.05, 0.1) is 4.90 Å². The smallest absolute Gasteiger partial charge is 1.00 e. The van der Waals surface area contributed by atoms with Gasteiger partial charge in [-0.3, -0.25) is 0 Å². The van der Waals surface area contributed by atoms with Gasteiger partial charge in [0.2, 0.25) is 0 Å². The van der Waals surface area contributed by atoms with Crippen LogP contribution in [0.25, 0.3) is 0 Å². The number of hydrogen-bond donors (Lipinski definition) is 1. The first-order chi connectivity index (χ1) is 5.11. The zero-order chi connectivity index (χ0) is 8.43. The van der Waals surface area contributed by atoms with E-state index in [9.17, 15) is 4.21 Å². The van der Waals surface area contributed by atoms with Gasteiger partial charge in [0.25, 0.3) is 0 Å². The molecule has 0 saturated carbocycles. The molecule has 0 heterocycles. The quantitative estimate of drug-likeness (QED) is 0.460. The average Bonchev–Trinajstić information content (AvgIpc) is 1.94. The van der Waals surface area contributed by atoms with Crippen LogP contribution in [0.1, 0.15) is 12.6 Å². The van der Waals surface area contributed by atoms with E-state index in [-0.39, 0.29) is 31.0 Å². The first-order valence-electron chi connectivity index (χ1n) is 3.29. The summed E-state index contributed by atoms with van der Waals surface area (Å²) < 4.78 is 19.5. The van der Waals surface area contributed by atoms with E-state index in [0.717, 1.165) is 11.1 Å². The minimum absolute atomic E-state index is 0. The molecule has 0 radical (unpaired) electrons. The zero-order valence-corrected chi connectivity index (χ0v) is 10.3. The fourth-order valence-corrected chi connectivity index (χ4v) is 1.53. The molecule has 12 heavy (non-hydrogen) atoms. The van der Waals surface area contributed by atoms with E-state index in [0.29, 0.717) is 4.90 Å². The van der Waals surface area contributed by atoms with Crippen molar-refractivity contribution in [2.24, 2.45) is 0 Å². The van der Waals surface area contributed by atoms with Gasteiger partial charge in [0.1, 0.15) is 0 Å². The van der Waals surface area contributed by atoms with Gasteiger partial charge in [0, 0.05) is 0 Å². The van der Waals surface area contributed by atoms with Gasteiger partial charge in [-0.15, -0.1) is 0 Å². The van der Waals surface area contributed by atoms with Crippen LogP contribution in [0.4, 0.5) is 0 Å². The molecule has 1 unspecified atom stereocenters. The fourth-order valence-electron chi connectivity index (χ4n) is 0.895. The Bertz CT molecular complexity index is 304. The predicted octanol–water partition coefficient (Wildman–Crippen LogP) is -0.999. The second-order valence-electron chi connectivity index (χ2n) is 2.52. The van der Waals surface area contributed by atoms with Crippen LogP contribution in [0, 0.1) is 13.8 Å². The molecule has 62 valence electrons. The van der Waals surface area contributed by atoms with Crippen molar-refractivity contribution in [3.05, 3.63) is 29.3 Å². The summed E-state index contributed by atoms with van der Waals surface area (Å²) in [6.07, 6.45) is 0. The molecule has 0 bridgehead atoms. The Kier molecular flexibility index (Phi) is 5.29. The molecule has 0 aliphatic rings. The van der Waals surface area contributed by atoms with Crippen LogP contribution in [0.3, 0.4) is 0 Å². The molecule has 0 spiro atoms. The Morgan fingerprint density at radius 1 is 1.42 bits per heavy atom. The Morgan fingerprint density at radius 2 is 2.00 bits per heavy atom. The molecular weight excluding hydrogens is 183 g/mol. The third kappa shape index (κ3) is 2.99. The van der Waals surface area contributed by atoms with E-state index in [1.807, 2.05) is 26.0 Å². The monoisotopic (exact) mass is 194 g/mol. The minimum Gasteiger partial charge on any atom is -1.00 e. The number of rotatable bonds is 1. The van der Waals surface area contributed by atoms with Crippen LogP contribution in [0.5, 0.6) is 0 Å². The zero-order valence-electron chi connectivity index (χ0n) is 8.50. The summed E-state index contributed by atoms with van der Waals surface area (Å²) >= 11 is -1.85. The number of aryl methyl sites for hydroxylation is 2. The third-order valence-electron chi connectivity index (χ3n) is 1.53. The molecular formula is C8H11NaO2S. The van der Waals surface area contributed by atoms with Crippen molar-refractivity contribution in [2.75, 3.05) is 0 Å². The van der Waals surface area contributed by atoms with Gasteiger partial charge in [-0.1, -0.05) is 12.1 Å². The molecule has 0 aliphatic carbocycles. The van der Waals surface area contributed by atoms with E-state index in [4.69, 9.17) is 4.55 Å². The van der Waals surface area contributed by atoms with Crippen LogP contribution >= 0.6 is 0 Å². The number of benzene rings is 1. The van der Waals surface area contributed by atoms with Crippen molar-refractivity contribution in [1.82, 2.24) is 0 Å². The molecule has 0 saturated heterocycles. The Labute approximate surface area is 98.4 Å². The summed E-state index contributed by atoms with van der Waals surface area (Å²) in [6, 6.07) is 5.50. The maximum atomic E-state index is 10.7.